The summed E-state index contributed by atoms with van der Waals surface area (Å²) >= 11 is 0. The van der Waals surface area contributed by atoms with Crippen LogP contribution in [0, 0.1) is 0 Å². The molecule has 4 aromatic rings. The second-order valence-corrected chi connectivity index (χ2v) is 7.83. The number of H-pyrrole nitrogens is 1. The molecule has 0 amide bonds. The average Bonchev–Trinajstić information content (AvgIpc) is 3.11. The zero-order chi connectivity index (χ0) is 19.5. The highest BCUT2D eigenvalue weighted by molar-refractivity contribution is 6.01. The third kappa shape index (κ3) is 3.33. The number of aryl methyl sites for hydroxylation is 1. The number of hydrogen-bond donors (Lipinski definition) is 2. The minimum atomic E-state index is 0.541. The minimum absolute atomic E-state index is 0.541. The van der Waals surface area contributed by atoms with Gasteiger partial charge in [-0.15, -0.1) is 0 Å². The third-order valence-electron chi connectivity index (χ3n) is 6.06. The second kappa shape index (κ2) is 8.20. The number of unbranched alkanes of at least 4 members (excludes halogenated alkanes) is 1. The standard InChI is InChI=1S/C26H30N2/c1-3-18(2)20-14-9-16-24-23(13-6-7-17-27)26(28-25(20)24)22-15-8-11-19-10-4-5-12-21(19)22/h4-5,8-12,14-16,18,28H,3,6-7,13,17,27H2,1-2H3. The molecule has 0 aliphatic carbocycles. The van der Waals surface area contributed by atoms with Crippen molar-refractivity contribution >= 4 is 21.7 Å². The lowest BCUT2D eigenvalue weighted by molar-refractivity contribution is 0.738. The number of benzene rings is 3. The summed E-state index contributed by atoms with van der Waals surface area (Å²) in [6, 6.07) is 22.1. The van der Waals surface area contributed by atoms with E-state index in [1.807, 2.05) is 0 Å². The summed E-state index contributed by atoms with van der Waals surface area (Å²) in [4.78, 5) is 3.85. The number of nitrogens with one attached hydrogen (secondary N) is 1. The Hall–Kier alpha value is -2.58. The summed E-state index contributed by atoms with van der Waals surface area (Å²) < 4.78 is 0. The monoisotopic (exact) mass is 370 g/mol. The van der Waals surface area contributed by atoms with Crippen LogP contribution in [-0.4, -0.2) is 11.5 Å². The van der Waals surface area contributed by atoms with Gasteiger partial charge < -0.3 is 10.7 Å². The van der Waals surface area contributed by atoms with Crippen molar-refractivity contribution in [3.8, 4) is 11.3 Å². The Balaban J connectivity index is 1.97. The highest BCUT2D eigenvalue weighted by Gasteiger charge is 2.18. The number of para-hydroxylation sites is 1. The van der Waals surface area contributed by atoms with Gasteiger partial charge in [0.05, 0.1) is 5.69 Å². The van der Waals surface area contributed by atoms with Crippen molar-refractivity contribution in [2.24, 2.45) is 5.73 Å². The Labute approximate surface area is 167 Å². The van der Waals surface area contributed by atoms with E-state index in [0.717, 1.165) is 32.2 Å². The van der Waals surface area contributed by atoms with Crippen molar-refractivity contribution in [2.75, 3.05) is 6.54 Å². The lowest BCUT2D eigenvalue weighted by Gasteiger charge is -2.10. The van der Waals surface area contributed by atoms with Crippen LogP contribution in [0.1, 0.15) is 50.2 Å². The van der Waals surface area contributed by atoms with Crippen molar-refractivity contribution in [3.05, 3.63) is 71.8 Å². The van der Waals surface area contributed by atoms with Gasteiger partial charge in [0.25, 0.3) is 0 Å². The Morgan fingerprint density at radius 3 is 2.46 bits per heavy atom. The zero-order valence-electron chi connectivity index (χ0n) is 17.0. The number of aromatic amines is 1. The van der Waals surface area contributed by atoms with Gasteiger partial charge in [-0.2, -0.15) is 0 Å². The molecule has 0 radical (unpaired) electrons. The Bertz CT molecular complexity index is 1080. The van der Waals surface area contributed by atoms with Gasteiger partial charge in [0.2, 0.25) is 0 Å². The summed E-state index contributed by atoms with van der Waals surface area (Å²) in [6.07, 6.45) is 4.38. The molecule has 3 N–H and O–H groups in total. The SMILES string of the molecule is CCC(C)c1cccc2c(CCCCN)c(-c3cccc4ccccc34)[nH]c12. The van der Waals surface area contributed by atoms with Crippen LogP contribution in [0.2, 0.25) is 0 Å². The molecule has 144 valence electrons. The fraction of sp³-hybridized carbons (Fsp3) is 0.308. The Morgan fingerprint density at radius 2 is 1.64 bits per heavy atom. The summed E-state index contributed by atoms with van der Waals surface area (Å²) in [5.41, 5.74) is 12.5. The van der Waals surface area contributed by atoms with Gasteiger partial charge in [0.15, 0.2) is 0 Å². The van der Waals surface area contributed by atoms with E-state index in [4.69, 9.17) is 5.73 Å². The molecule has 28 heavy (non-hydrogen) atoms. The van der Waals surface area contributed by atoms with Crippen molar-refractivity contribution < 1.29 is 0 Å². The predicted octanol–water partition coefficient (Wildman–Crippen LogP) is 6.78. The van der Waals surface area contributed by atoms with Crippen LogP contribution in [-0.2, 0) is 6.42 Å². The molecule has 1 aromatic heterocycles. The van der Waals surface area contributed by atoms with E-state index in [0.29, 0.717) is 5.92 Å². The lowest BCUT2D eigenvalue weighted by atomic mass is 9.93. The summed E-state index contributed by atoms with van der Waals surface area (Å²) in [5.74, 6) is 0.541. The largest absolute Gasteiger partial charge is 0.354 e. The molecular formula is C26H30N2. The molecule has 0 bridgehead atoms. The zero-order valence-corrected chi connectivity index (χ0v) is 17.0. The van der Waals surface area contributed by atoms with Gasteiger partial charge in [-0.3, -0.25) is 0 Å². The van der Waals surface area contributed by atoms with E-state index in [9.17, 15) is 0 Å². The number of hydrogen-bond acceptors (Lipinski definition) is 1. The normalized spacial score (nSPS) is 12.7. The van der Waals surface area contributed by atoms with Gasteiger partial charge >= 0.3 is 0 Å². The molecule has 0 aliphatic rings. The van der Waals surface area contributed by atoms with E-state index in [1.165, 1.54) is 44.1 Å². The molecule has 1 unspecified atom stereocenters. The van der Waals surface area contributed by atoms with Crippen molar-refractivity contribution in [2.45, 2.75) is 45.4 Å². The minimum Gasteiger partial charge on any atom is -0.354 e. The molecule has 1 atom stereocenters. The van der Waals surface area contributed by atoms with Crippen LogP contribution in [0.3, 0.4) is 0 Å². The molecular weight excluding hydrogens is 340 g/mol. The highest BCUT2D eigenvalue weighted by Crippen LogP contribution is 2.38. The first kappa shape index (κ1) is 18.8. The average molecular weight is 371 g/mol. The van der Waals surface area contributed by atoms with Crippen LogP contribution < -0.4 is 5.73 Å². The molecule has 0 saturated carbocycles. The molecule has 0 fully saturated rings. The maximum atomic E-state index is 5.78. The molecule has 2 nitrogen and oxygen atoms in total. The van der Waals surface area contributed by atoms with Crippen molar-refractivity contribution in [1.29, 1.82) is 0 Å². The quantitative estimate of drug-likeness (QED) is 0.346. The van der Waals surface area contributed by atoms with E-state index >= 15 is 0 Å². The first-order valence-electron chi connectivity index (χ1n) is 10.6. The number of rotatable bonds is 7. The lowest BCUT2D eigenvalue weighted by Crippen LogP contribution is -1.99. The molecule has 4 rings (SSSR count). The van der Waals surface area contributed by atoms with E-state index in [2.05, 4.69) is 79.5 Å². The number of nitrogens with two attached hydrogens (primary N) is 1. The second-order valence-electron chi connectivity index (χ2n) is 7.83. The van der Waals surface area contributed by atoms with Gasteiger partial charge in [-0.25, -0.2) is 0 Å². The smallest absolute Gasteiger partial charge is 0.0503 e. The summed E-state index contributed by atoms with van der Waals surface area (Å²) in [6.45, 7) is 5.34. The van der Waals surface area contributed by atoms with Gasteiger partial charge in [-0.1, -0.05) is 74.5 Å². The van der Waals surface area contributed by atoms with Crippen LogP contribution >= 0.6 is 0 Å². The summed E-state index contributed by atoms with van der Waals surface area (Å²) in [5, 5.41) is 3.97. The van der Waals surface area contributed by atoms with Crippen LogP contribution in [0.4, 0.5) is 0 Å². The van der Waals surface area contributed by atoms with Gasteiger partial charge in [0, 0.05) is 16.5 Å². The van der Waals surface area contributed by atoms with Crippen molar-refractivity contribution in [3.63, 3.8) is 0 Å². The maximum absolute atomic E-state index is 5.78. The molecule has 0 saturated heterocycles. The highest BCUT2D eigenvalue weighted by atomic mass is 14.7. The molecule has 0 aliphatic heterocycles. The van der Waals surface area contributed by atoms with Gasteiger partial charge in [-0.05, 0) is 60.0 Å². The van der Waals surface area contributed by atoms with Crippen LogP contribution in [0.25, 0.3) is 32.9 Å². The Kier molecular flexibility index (Phi) is 5.50. The topological polar surface area (TPSA) is 41.8 Å². The fourth-order valence-corrected chi connectivity index (χ4v) is 4.31. The first-order valence-corrected chi connectivity index (χ1v) is 10.6. The predicted molar refractivity (Wildman–Crippen MR) is 122 cm³/mol. The van der Waals surface area contributed by atoms with Crippen LogP contribution in [0.5, 0.6) is 0 Å². The Morgan fingerprint density at radius 1 is 0.893 bits per heavy atom. The van der Waals surface area contributed by atoms with Crippen molar-refractivity contribution in [1.82, 2.24) is 4.98 Å². The number of fused-ring (bicyclic) bond motifs is 2. The number of aromatic nitrogens is 1. The maximum Gasteiger partial charge on any atom is 0.0503 e. The molecule has 3 aromatic carbocycles. The summed E-state index contributed by atoms with van der Waals surface area (Å²) in [7, 11) is 0. The molecule has 0 spiro atoms. The van der Waals surface area contributed by atoms with E-state index in [-0.39, 0.29) is 0 Å². The first-order chi connectivity index (χ1) is 13.7. The fourth-order valence-electron chi connectivity index (χ4n) is 4.31. The van der Waals surface area contributed by atoms with E-state index in [1.54, 1.807) is 0 Å². The third-order valence-corrected chi connectivity index (χ3v) is 6.06. The molecule has 1 heterocycles. The van der Waals surface area contributed by atoms with Crippen LogP contribution in [0.15, 0.2) is 60.7 Å². The molecule has 2 heteroatoms. The van der Waals surface area contributed by atoms with E-state index < -0.39 is 0 Å². The van der Waals surface area contributed by atoms with Gasteiger partial charge in [0.1, 0.15) is 0 Å².